The standard InChI is InChI=1S/C14H20O9/c1-18-9(15)5-21-6-10(16)23-13-11-7(14(17)20-3)4-8(22-11)12(13)19-2/h7-8,11-13H,4-6H2,1-3H3/t7?,8?,11-,12?,13+/m0/s1. The molecule has 0 spiro atoms. The fourth-order valence-corrected chi connectivity index (χ4v) is 2.92. The van der Waals surface area contributed by atoms with Crippen molar-refractivity contribution in [1.29, 1.82) is 0 Å². The van der Waals surface area contributed by atoms with E-state index < -0.39 is 48.7 Å². The molecule has 0 aromatic carbocycles. The maximum Gasteiger partial charge on any atom is 0.332 e. The molecule has 2 aliphatic rings. The third kappa shape index (κ3) is 3.80. The number of ether oxygens (including phenoxy) is 6. The summed E-state index contributed by atoms with van der Waals surface area (Å²) in [6.45, 7) is -0.764. The van der Waals surface area contributed by atoms with Gasteiger partial charge in [-0.05, 0) is 6.42 Å². The molecule has 0 saturated carbocycles. The maximum absolute atomic E-state index is 11.8. The Kier molecular flexibility index (Phi) is 5.91. The molecule has 9 heteroatoms. The predicted molar refractivity (Wildman–Crippen MR) is 72.3 cm³/mol. The number of methoxy groups -OCH3 is 3. The van der Waals surface area contributed by atoms with Crippen LogP contribution in [0.1, 0.15) is 6.42 Å². The number of hydrogen-bond acceptors (Lipinski definition) is 9. The van der Waals surface area contributed by atoms with E-state index in [4.69, 9.17) is 23.7 Å². The van der Waals surface area contributed by atoms with Crippen LogP contribution in [-0.4, -0.2) is 76.9 Å². The first-order chi connectivity index (χ1) is 11.0. The highest BCUT2D eigenvalue weighted by Crippen LogP contribution is 2.42. The third-order valence-electron chi connectivity index (χ3n) is 3.94. The minimum atomic E-state index is -0.725. The van der Waals surface area contributed by atoms with Crippen molar-refractivity contribution in [3.05, 3.63) is 0 Å². The van der Waals surface area contributed by atoms with Crippen molar-refractivity contribution < 1.29 is 42.8 Å². The summed E-state index contributed by atoms with van der Waals surface area (Å²) in [5.41, 5.74) is 0. The van der Waals surface area contributed by atoms with Crippen molar-refractivity contribution in [2.75, 3.05) is 34.5 Å². The van der Waals surface area contributed by atoms with Gasteiger partial charge in [0.05, 0.1) is 26.2 Å². The Labute approximate surface area is 133 Å². The van der Waals surface area contributed by atoms with Crippen molar-refractivity contribution >= 4 is 17.9 Å². The summed E-state index contributed by atoms with van der Waals surface area (Å²) in [6.07, 6.45) is -1.66. The Hall–Kier alpha value is -1.71. The number of hydrogen-bond donors (Lipinski definition) is 0. The molecule has 2 saturated heterocycles. The number of esters is 3. The van der Waals surface area contributed by atoms with Gasteiger partial charge in [0.25, 0.3) is 0 Å². The molecule has 3 unspecified atom stereocenters. The first-order valence-electron chi connectivity index (χ1n) is 7.12. The van der Waals surface area contributed by atoms with Crippen LogP contribution in [-0.2, 0) is 42.8 Å². The summed E-state index contributed by atoms with van der Waals surface area (Å²) in [5, 5.41) is 0. The molecule has 2 heterocycles. The van der Waals surface area contributed by atoms with E-state index in [0.717, 1.165) is 0 Å². The molecule has 2 rings (SSSR count). The van der Waals surface area contributed by atoms with Crippen LogP contribution < -0.4 is 0 Å². The van der Waals surface area contributed by atoms with Gasteiger partial charge in [0.2, 0.25) is 0 Å². The maximum atomic E-state index is 11.8. The lowest BCUT2D eigenvalue weighted by Crippen LogP contribution is -2.48. The fraction of sp³-hybridized carbons (Fsp3) is 0.786. The Morgan fingerprint density at radius 3 is 2.30 bits per heavy atom. The number of carbonyl (C=O) groups excluding carboxylic acids is 3. The van der Waals surface area contributed by atoms with Crippen LogP contribution in [0.25, 0.3) is 0 Å². The zero-order valence-electron chi connectivity index (χ0n) is 13.2. The summed E-state index contributed by atoms with van der Waals surface area (Å²) >= 11 is 0. The van der Waals surface area contributed by atoms with Crippen LogP contribution in [0.4, 0.5) is 0 Å². The molecule has 0 N–H and O–H groups in total. The average molecular weight is 332 g/mol. The zero-order valence-corrected chi connectivity index (χ0v) is 13.2. The zero-order chi connectivity index (χ0) is 17.0. The van der Waals surface area contributed by atoms with E-state index in [1.54, 1.807) is 0 Å². The molecule has 0 aromatic heterocycles. The van der Waals surface area contributed by atoms with Crippen LogP contribution in [0.3, 0.4) is 0 Å². The van der Waals surface area contributed by atoms with Gasteiger partial charge in [-0.2, -0.15) is 0 Å². The molecule has 9 nitrogen and oxygen atoms in total. The van der Waals surface area contributed by atoms with E-state index in [1.807, 2.05) is 0 Å². The second-order valence-corrected chi connectivity index (χ2v) is 5.23. The van der Waals surface area contributed by atoms with Crippen molar-refractivity contribution in [2.24, 2.45) is 5.92 Å². The highest BCUT2D eigenvalue weighted by Gasteiger charge is 2.59. The monoisotopic (exact) mass is 332 g/mol. The third-order valence-corrected chi connectivity index (χ3v) is 3.94. The minimum absolute atomic E-state index is 0.331. The van der Waals surface area contributed by atoms with Crippen molar-refractivity contribution in [3.8, 4) is 0 Å². The van der Waals surface area contributed by atoms with Crippen LogP contribution in [0.2, 0.25) is 0 Å². The largest absolute Gasteiger partial charge is 0.469 e. The van der Waals surface area contributed by atoms with Crippen molar-refractivity contribution in [2.45, 2.75) is 30.8 Å². The lowest BCUT2D eigenvalue weighted by molar-refractivity contribution is -0.169. The number of carbonyl (C=O) groups is 3. The summed E-state index contributed by atoms with van der Waals surface area (Å²) in [6, 6.07) is 0. The normalized spacial score (nSPS) is 31.7. The van der Waals surface area contributed by atoms with Gasteiger partial charge in [-0.15, -0.1) is 0 Å². The molecule has 2 aliphatic heterocycles. The van der Waals surface area contributed by atoms with Gasteiger partial charge in [0, 0.05) is 7.11 Å². The summed E-state index contributed by atoms with van der Waals surface area (Å²) < 4.78 is 30.3. The smallest absolute Gasteiger partial charge is 0.332 e. The van der Waals surface area contributed by atoms with Crippen LogP contribution >= 0.6 is 0 Å². The first-order valence-corrected chi connectivity index (χ1v) is 7.12. The van der Waals surface area contributed by atoms with E-state index in [-0.39, 0.29) is 12.7 Å². The Bertz CT molecular complexity index is 463. The van der Waals surface area contributed by atoms with Crippen LogP contribution in [0.15, 0.2) is 0 Å². The number of fused-ring (bicyclic) bond motifs is 2. The van der Waals surface area contributed by atoms with Crippen molar-refractivity contribution in [1.82, 2.24) is 0 Å². The predicted octanol–water partition coefficient (Wildman–Crippen LogP) is -0.937. The lowest BCUT2D eigenvalue weighted by atomic mass is 9.85. The highest BCUT2D eigenvalue weighted by molar-refractivity contribution is 5.75. The second kappa shape index (κ2) is 7.71. The summed E-state index contributed by atoms with van der Waals surface area (Å²) in [7, 11) is 3.99. The average Bonchev–Trinajstić information content (AvgIpc) is 3.11. The minimum Gasteiger partial charge on any atom is -0.469 e. The van der Waals surface area contributed by atoms with E-state index >= 15 is 0 Å². The Morgan fingerprint density at radius 2 is 1.70 bits per heavy atom. The first kappa shape index (κ1) is 17.6. The highest BCUT2D eigenvalue weighted by atomic mass is 16.6. The summed E-state index contributed by atoms with van der Waals surface area (Å²) in [4.78, 5) is 34.5. The molecule has 130 valence electrons. The molecule has 23 heavy (non-hydrogen) atoms. The molecular weight excluding hydrogens is 312 g/mol. The summed E-state index contributed by atoms with van der Waals surface area (Å²) in [5.74, 6) is -2.18. The molecule has 0 amide bonds. The quantitative estimate of drug-likeness (QED) is 0.431. The fourth-order valence-electron chi connectivity index (χ4n) is 2.92. The molecule has 5 atom stereocenters. The molecule has 0 aliphatic carbocycles. The van der Waals surface area contributed by atoms with Crippen LogP contribution in [0.5, 0.6) is 0 Å². The molecule has 2 fully saturated rings. The second-order valence-electron chi connectivity index (χ2n) is 5.23. The van der Waals surface area contributed by atoms with Crippen LogP contribution in [0, 0.1) is 5.92 Å². The molecular formula is C14H20O9. The SMILES string of the molecule is COC(=O)COCC(=O)O[C@H]1C(OC)C2CC(C(=O)OC)[C@@H]1O2. The molecule has 0 radical (unpaired) electrons. The van der Waals surface area contributed by atoms with Gasteiger partial charge in [-0.3, -0.25) is 4.79 Å². The molecule has 2 bridgehead atoms. The Balaban J connectivity index is 1.90. The number of rotatable bonds is 7. The van der Waals surface area contributed by atoms with Crippen molar-refractivity contribution in [3.63, 3.8) is 0 Å². The van der Waals surface area contributed by atoms with E-state index in [9.17, 15) is 14.4 Å². The van der Waals surface area contributed by atoms with Gasteiger partial charge >= 0.3 is 17.9 Å². The van der Waals surface area contributed by atoms with E-state index in [0.29, 0.717) is 6.42 Å². The lowest BCUT2D eigenvalue weighted by Gasteiger charge is -2.30. The van der Waals surface area contributed by atoms with Gasteiger partial charge in [0.15, 0.2) is 6.10 Å². The molecule has 0 aromatic rings. The Morgan fingerprint density at radius 1 is 1.00 bits per heavy atom. The van der Waals surface area contributed by atoms with E-state index in [2.05, 4.69) is 4.74 Å². The van der Waals surface area contributed by atoms with E-state index in [1.165, 1.54) is 21.3 Å². The van der Waals surface area contributed by atoms with Gasteiger partial charge in [-0.25, -0.2) is 9.59 Å². The van der Waals surface area contributed by atoms with Gasteiger partial charge in [-0.1, -0.05) is 0 Å². The topological polar surface area (TPSA) is 107 Å². The van der Waals surface area contributed by atoms with Gasteiger partial charge in [0.1, 0.15) is 25.4 Å². The van der Waals surface area contributed by atoms with Gasteiger partial charge < -0.3 is 28.4 Å².